The highest BCUT2D eigenvalue weighted by molar-refractivity contribution is 7.18. The van der Waals surface area contributed by atoms with Gasteiger partial charge >= 0.3 is 6.18 Å². The minimum atomic E-state index is -4.66. The number of anilines is 2. The molecule has 5 aliphatic rings. The van der Waals surface area contributed by atoms with Crippen LogP contribution in [-0.4, -0.2) is 88.6 Å². The Hall–Kier alpha value is -5.42. The molecule has 0 bridgehead atoms. The van der Waals surface area contributed by atoms with Gasteiger partial charge in [-0.2, -0.15) is 13.2 Å². The number of amides is 5. The maximum atomic E-state index is 13.5. The maximum absolute atomic E-state index is 13.5. The van der Waals surface area contributed by atoms with Gasteiger partial charge in [0, 0.05) is 43.2 Å². The molecule has 1 atom stereocenters. The van der Waals surface area contributed by atoms with Crippen molar-refractivity contribution in [2.45, 2.75) is 108 Å². The number of methoxy groups -OCH3 is 1. The summed E-state index contributed by atoms with van der Waals surface area (Å²) in [5.74, 6) is -0.827. The first kappa shape index (κ1) is 43.8. The lowest BCUT2D eigenvalue weighted by atomic mass is 9.54. The molecule has 1 spiro atoms. The van der Waals surface area contributed by atoms with E-state index >= 15 is 0 Å². The van der Waals surface area contributed by atoms with E-state index in [4.69, 9.17) is 9.72 Å². The number of ether oxygens (including phenoxy) is 1. The van der Waals surface area contributed by atoms with Crippen LogP contribution in [0.2, 0.25) is 0 Å². The third-order valence-corrected chi connectivity index (χ3v) is 15.6. The van der Waals surface area contributed by atoms with Crippen LogP contribution in [0.1, 0.15) is 131 Å². The van der Waals surface area contributed by atoms with Gasteiger partial charge in [0.15, 0.2) is 0 Å². The molecule has 3 N–H and O–H groups in total. The van der Waals surface area contributed by atoms with Gasteiger partial charge in [-0.15, -0.1) is 11.3 Å². The average Bonchev–Trinajstić information content (AvgIpc) is 3.80. The standard InChI is InChI=1S/C47H52F3N7O6S/c1-56(25-26-9-11-28(12-10-26)43-54-34-21-36(63-2)33(22-37(34)64-43)53-41(59)32-7-4-8-38(52-32)47(48,49)50)29-15-18-46(19-16-29)23-27(24-46)17-20-51-31-6-3-5-30-40(31)45(62)57(44(30)61)35-13-14-39(58)55-42(35)60/h3-8,21-22,26-29,35,51H,9-20,23-25H2,1-2H3,(H,53,59)(H,55,58,60)/t26-,27-,28-,29-,35?,46?. The fourth-order valence-corrected chi connectivity index (χ4v) is 12.1. The number of fused-ring (bicyclic) bond motifs is 2. The molecule has 0 radical (unpaired) electrons. The number of aromatic nitrogens is 2. The number of carbonyl (C=O) groups excluding carboxylic acids is 5. The summed E-state index contributed by atoms with van der Waals surface area (Å²) < 4.78 is 46.0. The molecule has 4 aromatic rings. The molecule has 1 saturated heterocycles. The lowest BCUT2D eigenvalue weighted by molar-refractivity contribution is -0.141. The smallest absolute Gasteiger partial charge is 0.433 e. The van der Waals surface area contributed by atoms with Crippen LogP contribution in [0.5, 0.6) is 5.75 Å². The number of hydrogen-bond donors (Lipinski definition) is 3. The molecule has 5 amide bonds. The Morgan fingerprint density at radius 2 is 1.69 bits per heavy atom. The quantitative estimate of drug-likeness (QED) is 0.118. The number of thiazole rings is 1. The van der Waals surface area contributed by atoms with Crippen molar-refractivity contribution in [3.8, 4) is 5.75 Å². The summed E-state index contributed by atoms with van der Waals surface area (Å²) in [6.07, 6.45) is 8.21. The molecule has 4 fully saturated rings. The van der Waals surface area contributed by atoms with Crippen LogP contribution in [0.15, 0.2) is 48.5 Å². The number of alkyl halides is 3. The summed E-state index contributed by atoms with van der Waals surface area (Å²) in [5, 5.41) is 9.40. The van der Waals surface area contributed by atoms with Crippen LogP contribution >= 0.6 is 11.3 Å². The van der Waals surface area contributed by atoms with E-state index in [0.29, 0.717) is 58.4 Å². The fraction of sp³-hybridized carbons (Fsp3) is 0.511. The van der Waals surface area contributed by atoms with E-state index in [-0.39, 0.29) is 24.1 Å². The van der Waals surface area contributed by atoms with Crippen molar-refractivity contribution in [2.75, 3.05) is 37.9 Å². The van der Waals surface area contributed by atoms with Crippen LogP contribution in [0, 0.1) is 17.3 Å². The van der Waals surface area contributed by atoms with Gasteiger partial charge in [0.05, 0.1) is 39.1 Å². The molecular formula is C47H52F3N7O6S. The molecule has 2 aliphatic heterocycles. The van der Waals surface area contributed by atoms with Gasteiger partial charge in [0.1, 0.15) is 23.2 Å². The highest BCUT2D eigenvalue weighted by atomic mass is 32.1. The normalized spacial score (nSPS) is 26.0. The van der Waals surface area contributed by atoms with E-state index in [2.05, 4.69) is 32.9 Å². The molecule has 2 aromatic carbocycles. The largest absolute Gasteiger partial charge is 0.494 e. The van der Waals surface area contributed by atoms with Gasteiger partial charge < -0.3 is 20.3 Å². The highest BCUT2D eigenvalue weighted by Crippen LogP contribution is 2.56. The molecule has 64 heavy (non-hydrogen) atoms. The Bertz CT molecular complexity index is 2490. The first-order valence-corrected chi connectivity index (χ1v) is 23.1. The number of hydrogen-bond acceptors (Lipinski definition) is 11. The van der Waals surface area contributed by atoms with E-state index in [9.17, 15) is 37.1 Å². The minimum absolute atomic E-state index is 0.0843. The Morgan fingerprint density at radius 3 is 2.41 bits per heavy atom. The molecule has 17 heteroatoms. The maximum Gasteiger partial charge on any atom is 0.433 e. The second-order valence-electron chi connectivity index (χ2n) is 18.5. The molecular weight excluding hydrogens is 848 g/mol. The van der Waals surface area contributed by atoms with Crippen molar-refractivity contribution in [3.05, 3.63) is 76.1 Å². The number of carbonyl (C=O) groups is 5. The van der Waals surface area contributed by atoms with Crippen molar-refractivity contribution >= 4 is 62.5 Å². The second kappa shape index (κ2) is 17.5. The summed E-state index contributed by atoms with van der Waals surface area (Å²) in [4.78, 5) is 75.8. The number of halogens is 3. The summed E-state index contributed by atoms with van der Waals surface area (Å²) >= 11 is 1.58. The monoisotopic (exact) mass is 899 g/mol. The molecule has 9 rings (SSSR count). The minimum Gasteiger partial charge on any atom is -0.494 e. The van der Waals surface area contributed by atoms with Crippen molar-refractivity contribution in [1.82, 2.24) is 25.1 Å². The average molecular weight is 900 g/mol. The summed E-state index contributed by atoms with van der Waals surface area (Å²) in [7, 11) is 3.76. The van der Waals surface area contributed by atoms with Crippen LogP contribution in [0.3, 0.4) is 0 Å². The molecule has 2 aromatic heterocycles. The molecule has 1 unspecified atom stereocenters. The lowest BCUT2D eigenvalue weighted by Crippen LogP contribution is -2.54. The Morgan fingerprint density at radius 1 is 0.938 bits per heavy atom. The number of piperidine rings is 1. The van der Waals surface area contributed by atoms with Crippen LogP contribution in [-0.2, 0) is 15.8 Å². The number of rotatable bonds is 12. The van der Waals surface area contributed by atoms with E-state index in [1.807, 2.05) is 6.07 Å². The first-order valence-electron chi connectivity index (χ1n) is 22.3. The lowest BCUT2D eigenvalue weighted by Gasteiger charge is -2.53. The number of benzene rings is 2. The summed E-state index contributed by atoms with van der Waals surface area (Å²) in [6.45, 7) is 1.77. The zero-order valence-electron chi connectivity index (χ0n) is 35.9. The molecule has 4 heterocycles. The van der Waals surface area contributed by atoms with Crippen LogP contribution in [0.25, 0.3) is 10.2 Å². The van der Waals surface area contributed by atoms with E-state index in [1.54, 1.807) is 35.6 Å². The van der Waals surface area contributed by atoms with Gasteiger partial charge in [0.2, 0.25) is 11.8 Å². The van der Waals surface area contributed by atoms with Crippen molar-refractivity contribution in [2.24, 2.45) is 17.3 Å². The predicted octanol–water partition coefficient (Wildman–Crippen LogP) is 8.42. The van der Waals surface area contributed by atoms with Gasteiger partial charge in [0.25, 0.3) is 17.7 Å². The van der Waals surface area contributed by atoms with Crippen molar-refractivity contribution in [1.29, 1.82) is 0 Å². The highest BCUT2D eigenvalue weighted by Gasteiger charge is 2.47. The van der Waals surface area contributed by atoms with Gasteiger partial charge in [-0.05, 0) is 132 Å². The van der Waals surface area contributed by atoms with Crippen LogP contribution < -0.4 is 20.7 Å². The third kappa shape index (κ3) is 8.72. The predicted molar refractivity (Wildman–Crippen MR) is 234 cm³/mol. The van der Waals surface area contributed by atoms with E-state index in [0.717, 1.165) is 70.9 Å². The molecule has 13 nitrogen and oxygen atoms in total. The Kier molecular flexibility index (Phi) is 12.0. The topological polar surface area (TPSA) is 163 Å². The fourth-order valence-electron chi connectivity index (χ4n) is 11.0. The first-order chi connectivity index (χ1) is 30.7. The SMILES string of the molecule is COc1cc2nc([C@H]3CC[C@H](CN(C)[C@H]4CCC5(CC4)C[C@@H](CCNc4cccc6c4C(=O)N(C4CCC(=O)NC4=O)C6=O)C5)CC3)sc2cc1NC(=O)c1cccc(C(F)(F)F)n1. The molecule has 3 aliphatic carbocycles. The number of nitrogens with one attached hydrogen (secondary N) is 3. The van der Waals surface area contributed by atoms with Gasteiger partial charge in [-0.3, -0.25) is 34.2 Å². The number of imide groups is 2. The second-order valence-corrected chi connectivity index (χ2v) is 19.5. The van der Waals surface area contributed by atoms with Gasteiger partial charge in [-0.25, -0.2) is 9.97 Å². The van der Waals surface area contributed by atoms with Gasteiger partial charge in [-0.1, -0.05) is 12.1 Å². The Labute approximate surface area is 372 Å². The van der Waals surface area contributed by atoms with Crippen LogP contribution in [0.4, 0.5) is 24.5 Å². The van der Waals surface area contributed by atoms with E-state index in [1.165, 1.54) is 51.7 Å². The third-order valence-electron chi connectivity index (χ3n) is 14.4. The molecule has 3 saturated carbocycles. The summed E-state index contributed by atoms with van der Waals surface area (Å²) in [6, 6.07) is 11.5. The van der Waals surface area contributed by atoms with Crippen molar-refractivity contribution < 1.29 is 41.9 Å². The Balaban J connectivity index is 0.711. The number of pyridine rings is 1. The summed E-state index contributed by atoms with van der Waals surface area (Å²) in [5.41, 5.74) is 1.24. The zero-order chi connectivity index (χ0) is 44.9. The van der Waals surface area contributed by atoms with Crippen molar-refractivity contribution in [3.63, 3.8) is 0 Å². The molecule has 338 valence electrons. The number of nitrogens with zero attached hydrogens (tertiary/aromatic N) is 4. The van der Waals surface area contributed by atoms with E-state index < -0.39 is 47.4 Å². The zero-order valence-corrected chi connectivity index (χ0v) is 36.7.